The van der Waals surface area contributed by atoms with Gasteiger partial charge in [0.1, 0.15) is 0 Å². The van der Waals surface area contributed by atoms with Gasteiger partial charge in [-0.2, -0.15) is 0 Å². The summed E-state index contributed by atoms with van der Waals surface area (Å²) in [6.07, 6.45) is 6.68. The number of halogens is 1. The summed E-state index contributed by atoms with van der Waals surface area (Å²) in [5.41, 5.74) is 1.39. The standard InChI is InChI=1S/C18H28ClN/c1-13(2)15-6-8-16(9-7-15)18(20-3)12-14-4-10-17(19)11-5-14/h4-5,10-11,13,15-16,18,20H,6-9,12H2,1-3H3. The molecule has 0 bridgehead atoms. The minimum atomic E-state index is 0.601. The van der Waals surface area contributed by atoms with Crippen molar-refractivity contribution in [2.24, 2.45) is 17.8 Å². The quantitative estimate of drug-likeness (QED) is 0.811. The summed E-state index contributed by atoms with van der Waals surface area (Å²) < 4.78 is 0. The third-order valence-corrected chi connectivity index (χ3v) is 5.32. The second-order valence-electron chi connectivity index (χ2n) is 6.64. The highest BCUT2D eigenvalue weighted by atomic mass is 35.5. The average molecular weight is 294 g/mol. The number of hydrogen-bond donors (Lipinski definition) is 1. The van der Waals surface area contributed by atoms with Crippen molar-refractivity contribution < 1.29 is 0 Å². The molecule has 1 nitrogen and oxygen atoms in total. The molecule has 0 radical (unpaired) electrons. The van der Waals surface area contributed by atoms with Crippen LogP contribution in [0.25, 0.3) is 0 Å². The minimum absolute atomic E-state index is 0.601. The summed E-state index contributed by atoms with van der Waals surface area (Å²) in [7, 11) is 2.11. The summed E-state index contributed by atoms with van der Waals surface area (Å²) in [4.78, 5) is 0. The van der Waals surface area contributed by atoms with Crippen molar-refractivity contribution in [2.45, 2.75) is 52.0 Å². The molecule has 0 amide bonds. The Morgan fingerprint density at radius 2 is 1.60 bits per heavy atom. The Morgan fingerprint density at radius 3 is 2.10 bits per heavy atom. The normalized spacial score (nSPS) is 24.9. The van der Waals surface area contributed by atoms with Crippen LogP contribution in [0.2, 0.25) is 5.02 Å². The molecule has 1 fully saturated rings. The largest absolute Gasteiger partial charge is 0.316 e. The van der Waals surface area contributed by atoms with Crippen LogP contribution in [0.1, 0.15) is 45.1 Å². The number of benzene rings is 1. The van der Waals surface area contributed by atoms with Gasteiger partial charge in [0.05, 0.1) is 0 Å². The first-order valence-electron chi connectivity index (χ1n) is 8.02. The predicted octanol–water partition coefficient (Wildman–Crippen LogP) is 4.93. The first kappa shape index (κ1) is 15.9. The van der Waals surface area contributed by atoms with Crippen LogP contribution in [0.4, 0.5) is 0 Å². The Bertz CT molecular complexity index is 390. The monoisotopic (exact) mass is 293 g/mol. The van der Waals surface area contributed by atoms with Crippen molar-refractivity contribution in [3.8, 4) is 0 Å². The Kier molecular flexibility index (Phi) is 5.92. The molecule has 2 rings (SSSR count). The van der Waals surface area contributed by atoms with E-state index >= 15 is 0 Å². The van der Waals surface area contributed by atoms with Gasteiger partial charge in [0, 0.05) is 11.1 Å². The SMILES string of the molecule is CNC(Cc1ccc(Cl)cc1)C1CCC(C(C)C)CC1. The maximum Gasteiger partial charge on any atom is 0.0406 e. The Morgan fingerprint density at radius 1 is 1.05 bits per heavy atom. The first-order chi connectivity index (χ1) is 9.60. The fraction of sp³-hybridized carbons (Fsp3) is 0.667. The molecule has 112 valence electrons. The van der Waals surface area contributed by atoms with E-state index in [4.69, 9.17) is 11.6 Å². The third kappa shape index (κ3) is 4.23. The molecule has 1 unspecified atom stereocenters. The second kappa shape index (κ2) is 7.47. The van der Waals surface area contributed by atoms with Gasteiger partial charge in [-0.15, -0.1) is 0 Å². The molecule has 20 heavy (non-hydrogen) atoms. The molecule has 0 heterocycles. The van der Waals surface area contributed by atoms with Gasteiger partial charge < -0.3 is 5.32 Å². The Labute approximate surface area is 129 Å². The first-order valence-corrected chi connectivity index (χ1v) is 8.39. The molecule has 0 spiro atoms. The van der Waals surface area contributed by atoms with E-state index in [-0.39, 0.29) is 0 Å². The molecule has 1 saturated carbocycles. The summed E-state index contributed by atoms with van der Waals surface area (Å²) in [6.45, 7) is 4.74. The lowest BCUT2D eigenvalue weighted by Crippen LogP contribution is -2.38. The number of hydrogen-bond acceptors (Lipinski definition) is 1. The summed E-state index contributed by atoms with van der Waals surface area (Å²) in [5.74, 6) is 2.62. The lowest BCUT2D eigenvalue weighted by molar-refractivity contribution is 0.191. The number of likely N-dealkylation sites (N-methyl/N-ethyl adjacent to an activating group) is 1. The van der Waals surface area contributed by atoms with Crippen LogP contribution in [0.3, 0.4) is 0 Å². The highest BCUT2D eigenvalue weighted by Crippen LogP contribution is 2.35. The molecule has 1 aliphatic carbocycles. The van der Waals surface area contributed by atoms with Crippen molar-refractivity contribution >= 4 is 11.6 Å². The van der Waals surface area contributed by atoms with E-state index in [0.29, 0.717) is 6.04 Å². The Hall–Kier alpha value is -0.530. The van der Waals surface area contributed by atoms with Crippen LogP contribution in [0, 0.1) is 17.8 Å². The average Bonchev–Trinajstić information content (AvgIpc) is 2.47. The van der Waals surface area contributed by atoms with Crippen molar-refractivity contribution in [1.82, 2.24) is 5.32 Å². The van der Waals surface area contributed by atoms with E-state index in [9.17, 15) is 0 Å². The van der Waals surface area contributed by atoms with Gasteiger partial charge in [-0.3, -0.25) is 0 Å². The van der Waals surface area contributed by atoms with Crippen LogP contribution < -0.4 is 5.32 Å². The van der Waals surface area contributed by atoms with Gasteiger partial charge in [0.2, 0.25) is 0 Å². The number of rotatable bonds is 5. The molecule has 2 heteroatoms. The van der Waals surface area contributed by atoms with Gasteiger partial charge in [0.25, 0.3) is 0 Å². The van der Waals surface area contributed by atoms with Crippen LogP contribution in [0.5, 0.6) is 0 Å². The van der Waals surface area contributed by atoms with Gasteiger partial charge in [0.15, 0.2) is 0 Å². The van der Waals surface area contributed by atoms with Crippen molar-refractivity contribution in [2.75, 3.05) is 7.05 Å². The smallest absolute Gasteiger partial charge is 0.0406 e. The molecule has 0 aliphatic heterocycles. The lowest BCUT2D eigenvalue weighted by atomic mass is 9.73. The summed E-state index contributed by atoms with van der Waals surface area (Å²) in [6, 6.07) is 8.92. The molecule has 1 aliphatic rings. The van der Waals surface area contributed by atoms with Gasteiger partial charge in [-0.05, 0) is 74.6 Å². The molecule has 1 aromatic carbocycles. The second-order valence-corrected chi connectivity index (χ2v) is 7.08. The molecule has 1 N–H and O–H groups in total. The highest BCUT2D eigenvalue weighted by molar-refractivity contribution is 6.30. The van der Waals surface area contributed by atoms with E-state index in [1.807, 2.05) is 12.1 Å². The van der Waals surface area contributed by atoms with Crippen molar-refractivity contribution in [1.29, 1.82) is 0 Å². The minimum Gasteiger partial charge on any atom is -0.316 e. The topological polar surface area (TPSA) is 12.0 Å². The fourth-order valence-corrected chi connectivity index (χ4v) is 3.72. The summed E-state index contributed by atoms with van der Waals surface area (Å²) in [5, 5.41) is 4.37. The van der Waals surface area contributed by atoms with Crippen LogP contribution in [0.15, 0.2) is 24.3 Å². The van der Waals surface area contributed by atoms with Gasteiger partial charge in [-0.25, -0.2) is 0 Å². The molecule has 1 atom stereocenters. The predicted molar refractivity (Wildman–Crippen MR) is 88.3 cm³/mol. The van der Waals surface area contributed by atoms with Crippen molar-refractivity contribution in [3.63, 3.8) is 0 Å². The zero-order valence-corrected chi connectivity index (χ0v) is 13.8. The highest BCUT2D eigenvalue weighted by Gasteiger charge is 2.28. The van der Waals surface area contributed by atoms with Crippen LogP contribution in [-0.4, -0.2) is 13.1 Å². The van der Waals surface area contributed by atoms with Crippen LogP contribution in [-0.2, 0) is 6.42 Å². The lowest BCUT2D eigenvalue weighted by Gasteiger charge is -2.35. The van der Waals surface area contributed by atoms with E-state index in [1.54, 1.807) is 0 Å². The van der Waals surface area contributed by atoms with Crippen LogP contribution >= 0.6 is 11.6 Å². The summed E-state index contributed by atoms with van der Waals surface area (Å²) >= 11 is 5.96. The molecular formula is C18H28ClN. The van der Waals surface area contributed by atoms with Gasteiger partial charge in [-0.1, -0.05) is 37.6 Å². The number of nitrogens with one attached hydrogen (secondary N) is 1. The fourth-order valence-electron chi connectivity index (χ4n) is 3.59. The third-order valence-electron chi connectivity index (χ3n) is 5.07. The van der Waals surface area contributed by atoms with E-state index < -0.39 is 0 Å². The van der Waals surface area contributed by atoms with Crippen molar-refractivity contribution in [3.05, 3.63) is 34.9 Å². The van der Waals surface area contributed by atoms with E-state index in [0.717, 1.165) is 29.2 Å². The maximum absolute atomic E-state index is 5.96. The molecule has 1 aromatic rings. The molecule has 0 saturated heterocycles. The molecule has 0 aromatic heterocycles. The zero-order valence-electron chi connectivity index (χ0n) is 13.0. The molecular weight excluding hydrogens is 266 g/mol. The van der Waals surface area contributed by atoms with Gasteiger partial charge >= 0.3 is 0 Å². The van der Waals surface area contributed by atoms with E-state index in [1.165, 1.54) is 31.2 Å². The maximum atomic E-state index is 5.96. The zero-order chi connectivity index (χ0) is 14.5. The van der Waals surface area contributed by atoms with E-state index in [2.05, 4.69) is 38.3 Å². The Balaban J connectivity index is 1.91.